The molecule has 0 aliphatic rings. The molecule has 0 aliphatic carbocycles. The molecule has 11 heteroatoms. The van der Waals surface area contributed by atoms with Crippen molar-refractivity contribution in [3.8, 4) is 11.5 Å². The highest BCUT2D eigenvalue weighted by molar-refractivity contribution is 7.92. The number of hydrogen-bond acceptors (Lipinski definition) is 7. The number of ether oxygens (including phenoxy) is 2. The summed E-state index contributed by atoms with van der Waals surface area (Å²) in [7, 11) is -1.08. The predicted molar refractivity (Wildman–Crippen MR) is 121 cm³/mol. The Morgan fingerprint density at radius 2 is 1.78 bits per heavy atom. The maximum absolute atomic E-state index is 12.8. The van der Waals surface area contributed by atoms with Gasteiger partial charge in [0.25, 0.3) is 5.69 Å². The topological polar surface area (TPSA) is 128 Å². The van der Waals surface area contributed by atoms with Crippen LogP contribution in [0.1, 0.15) is 30.5 Å². The van der Waals surface area contributed by atoms with Gasteiger partial charge >= 0.3 is 0 Å². The minimum atomic E-state index is -3.96. The molecule has 2 rings (SSSR count). The normalized spacial score (nSPS) is 12.0. The summed E-state index contributed by atoms with van der Waals surface area (Å²) in [5.74, 6) is 0.242. The maximum atomic E-state index is 12.8. The summed E-state index contributed by atoms with van der Waals surface area (Å²) in [6.07, 6.45) is 1.49. The van der Waals surface area contributed by atoms with E-state index in [0.717, 1.165) is 33.5 Å². The van der Waals surface area contributed by atoms with Crippen LogP contribution in [-0.4, -0.2) is 46.3 Å². The fourth-order valence-corrected chi connectivity index (χ4v) is 4.13. The average Bonchev–Trinajstić information content (AvgIpc) is 2.74. The molecule has 0 aromatic heterocycles. The molecule has 0 saturated heterocycles. The molecule has 10 nitrogen and oxygen atoms in total. The van der Waals surface area contributed by atoms with Crippen LogP contribution in [0.25, 0.3) is 0 Å². The lowest BCUT2D eigenvalue weighted by atomic mass is 10.0. The van der Waals surface area contributed by atoms with Crippen LogP contribution in [0.3, 0.4) is 0 Å². The first-order valence-electron chi connectivity index (χ1n) is 9.75. The number of benzene rings is 2. The van der Waals surface area contributed by atoms with Gasteiger partial charge in [-0.3, -0.25) is 19.2 Å². The summed E-state index contributed by atoms with van der Waals surface area (Å²) in [5, 5.41) is 14.0. The Labute approximate surface area is 187 Å². The molecule has 0 spiro atoms. The number of amides is 1. The summed E-state index contributed by atoms with van der Waals surface area (Å²) < 4.78 is 36.2. The number of anilines is 1. The Bertz CT molecular complexity index is 1100. The zero-order valence-corrected chi connectivity index (χ0v) is 19.4. The van der Waals surface area contributed by atoms with E-state index >= 15 is 0 Å². The molecule has 1 atom stereocenters. The number of hydrogen-bond donors (Lipinski definition) is 1. The molecule has 2 aromatic carbocycles. The average molecular weight is 466 g/mol. The fourth-order valence-electron chi connectivity index (χ4n) is 3.28. The lowest BCUT2D eigenvalue weighted by molar-refractivity contribution is -0.384. The first-order valence-corrected chi connectivity index (χ1v) is 11.6. The lowest BCUT2D eigenvalue weighted by Gasteiger charge is -2.25. The zero-order chi connectivity index (χ0) is 24.1. The first kappa shape index (κ1) is 24.9. The van der Waals surface area contributed by atoms with Gasteiger partial charge in [0.1, 0.15) is 23.7 Å². The van der Waals surface area contributed by atoms with Gasteiger partial charge in [0.2, 0.25) is 15.9 Å². The molecule has 0 heterocycles. The third-order valence-electron chi connectivity index (χ3n) is 4.89. The van der Waals surface area contributed by atoms with Crippen molar-refractivity contribution in [2.45, 2.75) is 26.3 Å². The van der Waals surface area contributed by atoms with Crippen molar-refractivity contribution in [2.24, 2.45) is 0 Å². The number of carbonyl (C=O) groups is 1. The second-order valence-corrected chi connectivity index (χ2v) is 9.05. The molecule has 0 fully saturated rings. The number of nitro benzene ring substituents is 1. The smallest absolute Gasteiger partial charge is 0.271 e. The molecular formula is C21H27N3O7S. The second kappa shape index (κ2) is 10.3. The van der Waals surface area contributed by atoms with Gasteiger partial charge in [-0.05, 0) is 36.6 Å². The number of nitro groups is 1. The van der Waals surface area contributed by atoms with E-state index in [1.807, 2.05) is 26.0 Å². The third kappa shape index (κ3) is 5.88. The van der Waals surface area contributed by atoms with Gasteiger partial charge in [0.15, 0.2) is 0 Å². The van der Waals surface area contributed by atoms with Gasteiger partial charge in [-0.1, -0.05) is 19.1 Å². The standard InChI is InChI=1S/C21H27N3O7S/c1-6-17(15-7-9-19(30-3)14(2)11-15)22-21(25)13-23(32(5,28)29)18-12-16(24(26)27)8-10-20(18)31-4/h7-12,17H,6,13H2,1-5H3,(H,22,25). The van der Waals surface area contributed by atoms with E-state index in [2.05, 4.69) is 5.32 Å². The van der Waals surface area contributed by atoms with Crippen molar-refractivity contribution < 1.29 is 27.6 Å². The van der Waals surface area contributed by atoms with Gasteiger partial charge in [-0.15, -0.1) is 0 Å². The van der Waals surface area contributed by atoms with E-state index in [1.54, 1.807) is 13.2 Å². The van der Waals surface area contributed by atoms with Crippen molar-refractivity contribution >= 4 is 27.3 Å². The highest BCUT2D eigenvalue weighted by Gasteiger charge is 2.27. The van der Waals surface area contributed by atoms with Crippen molar-refractivity contribution in [1.82, 2.24) is 5.32 Å². The number of non-ortho nitro benzene ring substituents is 1. The molecule has 0 bridgehead atoms. The molecule has 0 aliphatic heterocycles. The van der Waals surface area contributed by atoms with Gasteiger partial charge in [0, 0.05) is 12.1 Å². The van der Waals surface area contributed by atoms with Crippen molar-refractivity contribution in [2.75, 3.05) is 31.3 Å². The molecule has 0 saturated carbocycles. The van der Waals surface area contributed by atoms with Crippen LogP contribution in [-0.2, 0) is 14.8 Å². The predicted octanol–water partition coefficient (Wildman–Crippen LogP) is 2.95. The van der Waals surface area contributed by atoms with Crippen molar-refractivity contribution in [3.05, 3.63) is 57.6 Å². The molecule has 174 valence electrons. The largest absolute Gasteiger partial charge is 0.496 e. The van der Waals surface area contributed by atoms with Gasteiger partial charge in [0.05, 0.1) is 31.4 Å². The molecule has 1 unspecified atom stereocenters. The highest BCUT2D eigenvalue weighted by atomic mass is 32.2. The molecule has 1 N–H and O–H groups in total. The Morgan fingerprint density at radius 1 is 1.16 bits per heavy atom. The van der Waals surface area contributed by atoms with E-state index in [0.29, 0.717) is 6.42 Å². The van der Waals surface area contributed by atoms with E-state index in [1.165, 1.54) is 19.2 Å². The Balaban J connectivity index is 2.34. The summed E-state index contributed by atoms with van der Waals surface area (Å²) in [5.41, 5.74) is 1.33. The second-order valence-electron chi connectivity index (χ2n) is 7.14. The Hall–Kier alpha value is -3.34. The Morgan fingerprint density at radius 3 is 2.28 bits per heavy atom. The van der Waals surface area contributed by atoms with E-state index in [9.17, 15) is 23.3 Å². The van der Waals surface area contributed by atoms with Gasteiger partial charge in [-0.2, -0.15) is 0 Å². The van der Waals surface area contributed by atoms with Gasteiger partial charge in [-0.25, -0.2) is 8.42 Å². The Kier molecular flexibility index (Phi) is 8.03. The molecule has 2 aromatic rings. The minimum Gasteiger partial charge on any atom is -0.496 e. The van der Waals surface area contributed by atoms with E-state index in [-0.39, 0.29) is 23.2 Å². The number of sulfonamides is 1. The number of methoxy groups -OCH3 is 2. The summed E-state index contributed by atoms with van der Waals surface area (Å²) >= 11 is 0. The summed E-state index contributed by atoms with van der Waals surface area (Å²) in [6, 6.07) is 8.72. The zero-order valence-electron chi connectivity index (χ0n) is 18.6. The lowest BCUT2D eigenvalue weighted by Crippen LogP contribution is -2.41. The number of nitrogens with one attached hydrogen (secondary N) is 1. The van der Waals surface area contributed by atoms with Crippen LogP contribution >= 0.6 is 0 Å². The molecule has 32 heavy (non-hydrogen) atoms. The van der Waals surface area contributed by atoms with Crippen LogP contribution in [0.5, 0.6) is 11.5 Å². The van der Waals surface area contributed by atoms with Crippen LogP contribution in [0, 0.1) is 17.0 Å². The minimum absolute atomic E-state index is 0.0895. The highest BCUT2D eigenvalue weighted by Crippen LogP contribution is 2.33. The van der Waals surface area contributed by atoms with Crippen LogP contribution in [0.4, 0.5) is 11.4 Å². The number of nitrogens with zero attached hydrogens (tertiary/aromatic N) is 2. The van der Waals surface area contributed by atoms with Crippen LogP contribution < -0.4 is 19.1 Å². The number of rotatable bonds is 10. The SMILES string of the molecule is CCC(NC(=O)CN(c1cc([N+](=O)[O-])ccc1OC)S(C)(=O)=O)c1ccc(OC)c(C)c1. The summed E-state index contributed by atoms with van der Waals surface area (Å²) in [4.78, 5) is 23.3. The summed E-state index contributed by atoms with van der Waals surface area (Å²) in [6.45, 7) is 3.21. The van der Waals surface area contributed by atoms with E-state index in [4.69, 9.17) is 9.47 Å². The third-order valence-corrected chi connectivity index (χ3v) is 6.02. The van der Waals surface area contributed by atoms with Crippen LogP contribution in [0.15, 0.2) is 36.4 Å². The van der Waals surface area contributed by atoms with Crippen molar-refractivity contribution in [3.63, 3.8) is 0 Å². The monoisotopic (exact) mass is 465 g/mol. The number of carbonyl (C=O) groups excluding carboxylic acids is 1. The van der Waals surface area contributed by atoms with Crippen molar-refractivity contribution in [1.29, 1.82) is 0 Å². The number of aryl methyl sites for hydroxylation is 1. The fraction of sp³-hybridized carbons (Fsp3) is 0.381. The first-order chi connectivity index (χ1) is 15.0. The maximum Gasteiger partial charge on any atom is 0.271 e. The molecule has 1 amide bonds. The van der Waals surface area contributed by atoms with Crippen LogP contribution in [0.2, 0.25) is 0 Å². The quantitative estimate of drug-likeness (QED) is 0.422. The van der Waals surface area contributed by atoms with E-state index < -0.39 is 27.4 Å². The molecular weight excluding hydrogens is 438 g/mol. The van der Waals surface area contributed by atoms with Gasteiger partial charge < -0.3 is 14.8 Å². The molecule has 0 radical (unpaired) electrons.